The molecule has 0 aromatic carbocycles. The number of halogens is 1. The number of hydrogen-bond acceptors (Lipinski definition) is 7. The molecule has 3 aliphatic rings. The molecular formula is C23H31ClN2O7. The van der Waals surface area contributed by atoms with Crippen molar-refractivity contribution in [2.24, 2.45) is 5.41 Å². The van der Waals surface area contributed by atoms with Crippen LogP contribution < -0.4 is 11.2 Å². The van der Waals surface area contributed by atoms with Gasteiger partial charge in [0.2, 0.25) is 0 Å². The maximum absolute atomic E-state index is 12.7. The lowest BCUT2D eigenvalue weighted by Gasteiger charge is -2.37. The van der Waals surface area contributed by atoms with E-state index >= 15 is 0 Å². The van der Waals surface area contributed by atoms with Crippen LogP contribution in [0.25, 0.3) is 0 Å². The Kier molecular flexibility index (Phi) is 6.37. The zero-order valence-electron chi connectivity index (χ0n) is 19.4. The predicted octanol–water partition coefficient (Wildman–Crippen LogP) is 2.90. The summed E-state index contributed by atoms with van der Waals surface area (Å²) in [5, 5.41) is 0. The van der Waals surface area contributed by atoms with Gasteiger partial charge in [-0.3, -0.25) is 19.1 Å². The van der Waals surface area contributed by atoms with Crippen LogP contribution in [-0.2, 0) is 23.7 Å². The molecule has 4 rings (SSSR count). The molecule has 1 saturated carbocycles. The van der Waals surface area contributed by atoms with Crippen LogP contribution in [0.4, 0.5) is 0 Å². The van der Waals surface area contributed by atoms with Crippen LogP contribution in [-0.4, -0.2) is 45.7 Å². The third kappa shape index (κ3) is 4.43. The summed E-state index contributed by atoms with van der Waals surface area (Å²) in [5.41, 5.74) is -1.44. The minimum Gasteiger partial charge on any atom is -0.462 e. The molecule has 2 aliphatic heterocycles. The fourth-order valence-electron chi connectivity index (χ4n) is 4.70. The first-order chi connectivity index (χ1) is 15.5. The van der Waals surface area contributed by atoms with Gasteiger partial charge < -0.3 is 18.9 Å². The molecule has 1 aromatic heterocycles. The summed E-state index contributed by atoms with van der Waals surface area (Å²) in [7, 11) is 0. The lowest BCUT2D eigenvalue weighted by atomic mass is 9.93. The molecule has 3 fully saturated rings. The number of rotatable bonds is 4. The van der Waals surface area contributed by atoms with Crippen molar-refractivity contribution in [1.82, 2.24) is 9.55 Å². The van der Waals surface area contributed by atoms with Gasteiger partial charge in [-0.1, -0.05) is 18.0 Å². The van der Waals surface area contributed by atoms with E-state index in [-0.39, 0.29) is 6.61 Å². The van der Waals surface area contributed by atoms with Crippen molar-refractivity contribution in [3.8, 4) is 0 Å². The molecule has 0 amide bonds. The van der Waals surface area contributed by atoms with E-state index < -0.39 is 52.5 Å². The minimum atomic E-state index is -1.28. The van der Waals surface area contributed by atoms with E-state index in [1.54, 1.807) is 33.8 Å². The molecule has 0 bridgehead atoms. The zero-order valence-corrected chi connectivity index (χ0v) is 20.1. The average molecular weight is 483 g/mol. The first-order valence-corrected chi connectivity index (χ1v) is 11.7. The first-order valence-electron chi connectivity index (χ1n) is 11.3. The number of carbonyl (C=O) groups excluding carboxylic acids is 1. The lowest BCUT2D eigenvalue weighted by molar-refractivity contribution is -0.246. The highest BCUT2D eigenvalue weighted by atomic mass is 35.5. The van der Waals surface area contributed by atoms with Crippen molar-refractivity contribution >= 4 is 17.6 Å². The van der Waals surface area contributed by atoms with E-state index in [1.165, 1.54) is 16.3 Å². The van der Waals surface area contributed by atoms with Gasteiger partial charge in [0.1, 0.15) is 18.8 Å². The highest BCUT2D eigenvalue weighted by molar-refractivity contribution is 6.25. The highest BCUT2D eigenvalue weighted by Gasteiger charge is 2.65. The number of aromatic nitrogens is 2. The minimum absolute atomic E-state index is 0.166. The molecule has 182 valence electrons. The Labute approximate surface area is 197 Å². The lowest BCUT2D eigenvalue weighted by Crippen LogP contribution is -2.47. The quantitative estimate of drug-likeness (QED) is 0.657. The summed E-state index contributed by atoms with van der Waals surface area (Å²) in [5.74, 6) is -1.20. The van der Waals surface area contributed by atoms with Crippen molar-refractivity contribution in [2.45, 2.75) is 89.6 Å². The maximum Gasteiger partial charge on any atom is 0.330 e. The number of nitrogens with one attached hydrogen (secondary N) is 1. The molecule has 9 nitrogen and oxygen atoms in total. The Morgan fingerprint density at radius 2 is 1.94 bits per heavy atom. The fourth-order valence-corrected chi connectivity index (χ4v) is 4.91. The molecular weight excluding hydrogens is 452 g/mol. The number of H-pyrrole nitrogens is 1. The van der Waals surface area contributed by atoms with Gasteiger partial charge in [-0.15, -0.1) is 0 Å². The van der Waals surface area contributed by atoms with Crippen LogP contribution in [0.2, 0.25) is 0 Å². The van der Waals surface area contributed by atoms with Gasteiger partial charge >= 0.3 is 11.7 Å². The fraction of sp³-hybridized carbons (Fsp3) is 0.696. The number of nitrogens with zero attached hydrogens (tertiary/aromatic N) is 1. The van der Waals surface area contributed by atoms with E-state index in [2.05, 4.69) is 4.98 Å². The maximum atomic E-state index is 12.7. The average Bonchev–Trinajstić information content (AvgIpc) is 3.24. The summed E-state index contributed by atoms with van der Waals surface area (Å²) in [6, 6.07) is 0. The van der Waals surface area contributed by atoms with E-state index in [0.717, 1.165) is 19.3 Å². The molecule has 1 spiro atoms. The summed E-state index contributed by atoms with van der Waals surface area (Å²) in [6.45, 7) is 6.72. The van der Waals surface area contributed by atoms with Gasteiger partial charge in [-0.2, -0.15) is 0 Å². The number of carbonyl (C=O) groups is 1. The van der Waals surface area contributed by atoms with E-state index in [9.17, 15) is 14.4 Å². The van der Waals surface area contributed by atoms with Crippen LogP contribution in [0.1, 0.15) is 64.7 Å². The Morgan fingerprint density at radius 1 is 1.24 bits per heavy atom. The number of ether oxygens (including phenoxy) is 4. The van der Waals surface area contributed by atoms with Gasteiger partial charge in [-0.25, -0.2) is 4.79 Å². The predicted molar refractivity (Wildman–Crippen MR) is 120 cm³/mol. The Bertz CT molecular complexity index is 1050. The van der Waals surface area contributed by atoms with Gasteiger partial charge in [-0.05, 0) is 46.6 Å². The van der Waals surface area contributed by atoms with E-state index in [0.29, 0.717) is 18.4 Å². The van der Waals surface area contributed by atoms with Crippen molar-refractivity contribution in [1.29, 1.82) is 0 Å². The number of aryl methyl sites for hydroxylation is 1. The van der Waals surface area contributed by atoms with Crippen LogP contribution in [0.3, 0.4) is 0 Å². The van der Waals surface area contributed by atoms with Gasteiger partial charge in [0.05, 0.1) is 5.41 Å². The van der Waals surface area contributed by atoms with E-state index in [4.69, 9.17) is 30.5 Å². The standard InChI is InChI=1S/C23H31ClN2O7/c1-14-12-26(20(29)25-17(14)27)18-15-16(32-23(31-15)8-6-5-7-9-23)22(33-18,10-11-24)13-30-19(28)21(2,3)4/h10-12,15-16,18H,5-9,13H2,1-4H3,(H,25,27,29)/b11-10-/t15-,16+,18-,22-/m1/s1. The molecule has 0 unspecified atom stereocenters. The van der Waals surface area contributed by atoms with Gasteiger partial charge in [0, 0.05) is 30.1 Å². The number of aromatic amines is 1. The monoisotopic (exact) mass is 482 g/mol. The largest absolute Gasteiger partial charge is 0.462 e. The molecule has 4 atom stereocenters. The number of esters is 1. The third-order valence-corrected chi connectivity index (χ3v) is 6.64. The second-order valence-corrected chi connectivity index (χ2v) is 10.4. The van der Waals surface area contributed by atoms with Gasteiger partial charge in [0.15, 0.2) is 17.6 Å². The van der Waals surface area contributed by atoms with Crippen molar-refractivity contribution in [2.75, 3.05) is 6.61 Å². The molecule has 1 N–H and O–H groups in total. The summed E-state index contributed by atoms with van der Waals surface area (Å²) in [4.78, 5) is 39.5. The molecule has 3 heterocycles. The molecule has 33 heavy (non-hydrogen) atoms. The van der Waals surface area contributed by atoms with E-state index in [1.807, 2.05) is 0 Å². The summed E-state index contributed by atoms with van der Waals surface area (Å²) < 4.78 is 26.3. The molecule has 10 heteroatoms. The van der Waals surface area contributed by atoms with Crippen LogP contribution >= 0.6 is 11.6 Å². The Morgan fingerprint density at radius 3 is 2.58 bits per heavy atom. The van der Waals surface area contributed by atoms with Crippen LogP contribution in [0.5, 0.6) is 0 Å². The van der Waals surface area contributed by atoms with Crippen molar-refractivity contribution in [3.05, 3.63) is 44.2 Å². The third-order valence-electron chi connectivity index (χ3n) is 6.52. The molecule has 1 aliphatic carbocycles. The summed E-state index contributed by atoms with van der Waals surface area (Å²) >= 11 is 6.00. The SMILES string of the molecule is Cc1cn([C@@H]2O[C@](/C=C\Cl)(COC(=O)C(C)(C)C)[C@H]3OC4(CCCCC4)O[C@@H]23)c(=O)[nH]c1=O. The second-order valence-electron chi connectivity index (χ2n) is 10.2. The van der Waals surface area contributed by atoms with Gasteiger partial charge in [0.25, 0.3) is 5.56 Å². The smallest absolute Gasteiger partial charge is 0.330 e. The Hall–Kier alpha value is -1.94. The van der Waals surface area contributed by atoms with Crippen LogP contribution in [0, 0.1) is 12.3 Å². The Balaban J connectivity index is 1.75. The number of hydrogen-bond donors (Lipinski definition) is 1. The topological polar surface area (TPSA) is 109 Å². The van der Waals surface area contributed by atoms with Crippen LogP contribution in [0.15, 0.2) is 27.4 Å². The molecule has 0 radical (unpaired) electrons. The normalized spacial score (nSPS) is 31.2. The van der Waals surface area contributed by atoms with Crippen molar-refractivity contribution < 1.29 is 23.7 Å². The second kappa shape index (κ2) is 8.69. The summed E-state index contributed by atoms with van der Waals surface area (Å²) in [6.07, 6.45) is 5.20. The highest BCUT2D eigenvalue weighted by Crippen LogP contribution is 2.52. The van der Waals surface area contributed by atoms with Crippen molar-refractivity contribution in [3.63, 3.8) is 0 Å². The number of fused-ring (bicyclic) bond motifs is 1. The first kappa shape index (κ1) is 24.2. The molecule has 2 saturated heterocycles. The molecule has 1 aromatic rings. The zero-order chi connectivity index (χ0) is 24.0.